The lowest BCUT2D eigenvalue weighted by molar-refractivity contribution is -0.113. The Labute approximate surface area is 180 Å². The van der Waals surface area contributed by atoms with Crippen LogP contribution < -0.4 is 10.6 Å². The van der Waals surface area contributed by atoms with Crippen LogP contribution in [0.15, 0.2) is 71.6 Å². The summed E-state index contributed by atoms with van der Waals surface area (Å²) in [6.07, 6.45) is 0. The fourth-order valence-electron chi connectivity index (χ4n) is 2.80. The first-order valence-corrected chi connectivity index (χ1v) is 10.4. The summed E-state index contributed by atoms with van der Waals surface area (Å²) in [7, 11) is 0. The molecular formula is C24H21N3O2S. The zero-order chi connectivity index (χ0) is 21.5. The van der Waals surface area contributed by atoms with Crippen LogP contribution in [0, 0.1) is 25.2 Å². The third-order valence-electron chi connectivity index (χ3n) is 4.53. The highest BCUT2D eigenvalue weighted by Gasteiger charge is 2.13. The second-order valence-corrected chi connectivity index (χ2v) is 7.80. The van der Waals surface area contributed by atoms with Crippen LogP contribution in [-0.4, -0.2) is 17.6 Å². The fraction of sp³-hybridized carbons (Fsp3) is 0.125. The van der Waals surface area contributed by atoms with Gasteiger partial charge in [-0.2, -0.15) is 5.26 Å². The minimum atomic E-state index is -0.219. The van der Waals surface area contributed by atoms with Crippen molar-refractivity contribution in [2.45, 2.75) is 18.7 Å². The van der Waals surface area contributed by atoms with Crippen LogP contribution in [0.4, 0.5) is 11.4 Å². The predicted octanol–water partition coefficient (Wildman–Crippen LogP) is 5.16. The minimum Gasteiger partial charge on any atom is -0.325 e. The SMILES string of the molecule is Cc1ccc(NC(=O)c2ccccc2SCC(=O)Nc2cccc(C#N)c2)cc1C. The van der Waals surface area contributed by atoms with Crippen molar-refractivity contribution in [3.05, 3.63) is 89.0 Å². The van der Waals surface area contributed by atoms with Gasteiger partial charge < -0.3 is 10.6 Å². The first-order valence-electron chi connectivity index (χ1n) is 9.36. The predicted molar refractivity (Wildman–Crippen MR) is 121 cm³/mol. The molecule has 6 heteroatoms. The molecule has 2 N–H and O–H groups in total. The average molecular weight is 416 g/mol. The van der Waals surface area contributed by atoms with E-state index in [4.69, 9.17) is 5.26 Å². The number of rotatable bonds is 6. The standard InChI is InChI=1S/C24H21N3O2S/c1-16-10-11-20(12-17(16)2)27-24(29)21-8-3-4-9-22(21)30-15-23(28)26-19-7-5-6-18(13-19)14-25/h3-13H,15H2,1-2H3,(H,26,28)(H,27,29). The summed E-state index contributed by atoms with van der Waals surface area (Å²) in [4.78, 5) is 25.8. The maximum atomic E-state index is 12.8. The summed E-state index contributed by atoms with van der Waals surface area (Å²) >= 11 is 1.29. The highest BCUT2D eigenvalue weighted by molar-refractivity contribution is 8.00. The molecule has 3 rings (SSSR count). The third-order valence-corrected chi connectivity index (χ3v) is 5.60. The van der Waals surface area contributed by atoms with Gasteiger partial charge in [-0.3, -0.25) is 9.59 Å². The quantitative estimate of drug-likeness (QED) is 0.545. The number of anilines is 2. The van der Waals surface area contributed by atoms with Crippen molar-refractivity contribution < 1.29 is 9.59 Å². The number of benzene rings is 3. The summed E-state index contributed by atoms with van der Waals surface area (Å²) in [6.45, 7) is 4.02. The van der Waals surface area contributed by atoms with Gasteiger partial charge in [-0.25, -0.2) is 0 Å². The molecule has 0 spiro atoms. The molecule has 3 aromatic carbocycles. The van der Waals surface area contributed by atoms with E-state index in [-0.39, 0.29) is 17.6 Å². The molecule has 0 saturated heterocycles. The number of aryl methyl sites for hydroxylation is 2. The van der Waals surface area contributed by atoms with E-state index < -0.39 is 0 Å². The van der Waals surface area contributed by atoms with Crippen LogP contribution in [0.3, 0.4) is 0 Å². The Morgan fingerprint density at radius 1 is 0.900 bits per heavy atom. The lowest BCUT2D eigenvalue weighted by atomic mass is 10.1. The summed E-state index contributed by atoms with van der Waals surface area (Å²) in [5.41, 5.74) is 4.56. The first kappa shape index (κ1) is 21.2. The third kappa shape index (κ3) is 5.49. The molecule has 30 heavy (non-hydrogen) atoms. The number of thioether (sulfide) groups is 1. The van der Waals surface area contributed by atoms with Crippen LogP contribution in [-0.2, 0) is 4.79 Å². The normalized spacial score (nSPS) is 10.2. The van der Waals surface area contributed by atoms with E-state index in [0.717, 1.165) is 21.7 Å². The molecule has 3 aromatic rings. The number of amides is 2. The number of nitrogens with one attached hydrogen (secondary N) is 2. The maximum Gasteiger partial charge on any atom is 0.256 e. The van der Waals surface area contributed by atoms with E-state index in [9.17, 15) is 9.59 Å². The molecule has 0 aromatic heterocycles. The van der Waals surface area contributed by atoms with Crippen LogP contribution in [0.1, 0.15) is 27.0 Å². The number of nitriles is 1. The van der Waals surface area contributed by atoms with Gasteiger partial charge in [0.15, 0.2) is 0 Å². The number of carbonyl (C=O) groups is 2. The largest absolute Gasteiger partial charge is 0.325 e. The summed E-state index contributed by atoms with van der Waals surface area (Å²) < 4.78 is 0. The van der Waals surface area contributed by atoms with Crippen molar-refractivity contribution in [3.63, 3.8) is 0 Å². The zero-order valence-corrected chi connectivity index (χ0v) is 17.5. The van der Waals surface area contributed by atoms with Gasteiger partial charge in [-0.1, -0.05) is 24.3 Å². The highest BCUT2D eigenvalue weighted by atomic mass is 32.2. The molecule has 0 bridgehead atoms. The van der Waals surface area contributed by atoms with Gasteiger partial charge in [-0.15, -0.1) is 11.8 Å². The van der Waals surface area contributed by atoms with Gasteiger partial charge in [0.1, 0.15) is 0 Å². The maximum absolute atomic E-state index is 12.8. The van der Waals surface area contributed by atoms with Crippen LogP contribution in [0.25, 0.3) is 0 Å². The molecule has 0 atom stereocenters. The van der Waals surface area contributed by atoms with E-state index in [2.05, 4.69) is 10.6 Å². The Kier molecular flexibility index (Phi) is 6.89. The van der Waals surface area contributed by atoms with E-state index in [1.807, 2.05) is 50.2 Å². The van der Waals surface area contributed by atoms with Gasteiger partial charge in [0.25, 0.3) is 5.91 Å². The number of hydrogen-bond donors (Lipinski definition) is 2. The van der Waals surface area contributed by atoms with E-state index >= 15 is 0 Å². The van der Waals surface area contributed by atoms with Crippen molar-refractivity contribution >= 4 is 35.0 Å². The molecule has 2 amide bonds. The minimum absolute atomic E-state index is 0.144. The van der Waals surface area contributed by atoms with Gasteiger partial charge in [0.2, 0.25) is 5.91 Å². The zero-order valence-electron chi connectivity index (χ0n) is 16.7. The van der Waals surface area contributed by atoms with Gasteiger partial charge >= 0.3 is 0 Å². The Morgan fingerprint density at radius 3 is 2.43 bits per heavy atom. The molecule has 0 aliphatic heterocycles. The molecule has 0 fully saturated rings. The average Bonchev–Trinajstić information content (AvgIpc) is 2.75. The van der Waals surface area contributed by atoms with Crippen LogP contribution in [0.2, 0.25) is 0 Å². The number of carbonyl (C=O) groups excluding carboxylic acids is 2. The lowest BCUT2D eigenvalue weighted by Gasteiger charge is -2.11. The monoisotopic (exact) mass is 415 g/mol. The van der Waals surface area contributed by atoms with Gasteiger partial charge in [0.05, 0.1) is 22.9 Å². The van der Waals surface area contributed by atoms with Crippen molar-refractivity contribution in [2.24, 2.45) is 0 Å². The Bertz CT molecular complexity index is 1140. The molecule has 0 radical (unpaired) electrons. The van der Waals surface area contributed by atoms with E-state index in [1.54, 1.807) is 36.4 Å². The molecule has 0 unspecified atom stereocenters. The second-order valence-electron chi connectivity index (χ2n) is 6.78. The molecule has 0 heterocycles. The number of nitrogens with zero attached hydrogens (tertiary/aromatic N) is 1. The molecule has 5 nitrogen and oxygen atoms in total. The Balaban J connectivity index is 1.65. The van der Waals surface area contributed by atoms with Crippen LogP contribution in [0.5, 0.6) is 0 Å². The van der Waals surface area contributed by atoms with Gasteiger partial charge in [-0.05, 0) is 67.4 Å². The second kappa shape index (κ2) is 9.77. The topological polar surface area (TPSA) is 82.0 Å². The van der Waals surface area contributed by atoms with E-state index in [0.29, 0.717) is 16.8 Å². The first-order chi connectivity index (χ1) is 14.5. The van der Waals surface area contributed by atoms with Crippen LogP contribution >= 0.6 is 11.8 Å². The molecular weight excluding hydrogens is 394 g/mol. The number of hydrogen-bond acceptors (Lipinski definition) is 4. The van der Waals surface area contributed by atoms with Crippen molar-refractivity contribution in [1.29, 1.82) is 5.26 Å². The molecule has 0 aliphatic carbocycles. The summed E-state index contributed by atoms with van der Waals surface area (Å²) in [5.74, 6) is -0.284. The van der Waals surface area contributed by atoms with Crippen molar-refractivity contribution in [3.8, 4) is 6.07 Å². The van der Waals surface area contributed by atoms with Gasteiger partial charge in [0, 0.05) is 16.3 Å². The van der Waals surface area contributed by atoms with Crippen molar-refractivity contribution in [1.82, 2.24) is 0 Å². The fourth-order valence-corrected chi connectivity index (χ4v) is 3.65. The smallest absolute Gasteiger partial charge is 0.256 e. The molecule has 150 valence electrons. The lowest BCUT2D eigenvalue weighted by Crippen LogP contribution is -2.16. The Hall–Kier alpha value is -3.56. The summed E-state index contributed by atoms with van der Waals surface area (Å²) in [5, 5.41) is 14.7. The Morgan fingerprint density at radius 2 is 1.67 bits per heavy atom. The van der Waals surface area contributed by atoms with Crippen molar-refractivity contribution in [2.75, 3.05) is 16.4 Å². The highest BCUT2D eigenvalue weighted by Crippen LogP contribution is 2.24. The van der Waals surface area contributed by atoms with E-state index in [1.165, 1.54) is 11.8 Å². The molecule has 0 aliphatic rings. The molecule has 0 saturated carbocycles. The summed E-state index contributed by atoms with van der Waals surface area (Å²) in [6, 6.07) is 21.8.